The number of benzene rings is 2. The van der Waals surface area contributed by atoms with Gasteiger partial charge in [-0.3, -0.25) is 5.43 Å². The fourth-order valence-electron chi connectivity index (χ4n) is 2.22. The first-order valence-electron chi connectivity index (χ1n) is 7.56. The number of ether oxygens (including phenoxy) is 2. The Bertz CT molecular complexity index is 926. The summed E-state index contributed by atoms with van der Waals surface area (Å²) in [6.45, 7) is 0. The van der Waals surface area contributed by atoms with Crippen molar-refractivity contribution in [3.05, 3.63) is 52.6 Å². The fraction of sp³-hybridized carbons (Fsp3) is 0.111. The van der Waals surface area contributed by atoms with E-state index in [1.165, 1.54) is 24.7 Å². The van der Waals surface area contributed by atoms with Crippen LogP contribution in [-0.2, 0) is 0 Å². The van der Waals surface area contributed by atoms with Crippen molar-refractivity contribution in [1.29, 1.82) is 0 Å². The van der Waals surface area contributed by atoms with Gasteiger partial charge in [-0.15, -0.1) is 0 Å². The third kappa shape index (κ3) is 4.14. The van der Waals surface area contributed by atoms with Gasteiger partial charge in [-0.05, 0) is 42.0 Å². The van der Waals surface area contributed by atoms with Gasteiger partial charge in [0.2, 0.25) is 5.13 Å². The lowest BCUT2D eigenvalue weighted by Crippen LogP contribution is -1.92. The molecule has 0 bridgehead atoms. The highest BCUT2D eigenvalue weighted by Gasteiger charge is 2.08. The van der Waals surface area contributed by atoms with Gasteiger partial charge in [0.1, 0.15) is 5.75 Å². The SMILES string of the molecule is COc1ccc(-c2cnc(NN=Cc3cc(Br)cc(OC)c3O)s2)cc1. The van der Waals surface area contributed by atoms with Crippen molar-refractivity contribution in [2.75, 3.05) is 19.6 Å². The van der Waals surface area contributed by atoms with E-state index in [1.807, 2.05) is 24.3 Å². The molecule has 2 aromatic carbocycles. The molecule has 3 rings (SSSR count). The Labute approximate surface area is 163 Å². The van der Waals surface area contributed by atoms with Crippen LogP contribution in [0.5, 0.6) is 17.2 Å². The number of hydrogen-bond acceptors (Lipinski definition) is 7. The summed E-state index contributed by atoms with van der Waals surface area (Å²) in [5.74, 6) is 1.21. The molecule has 0 aliphatic rings. The summed E-state index contributed by atoms with van der Waals surface area (Å²) < 4.78 is 11.1. The van der Waals surface area contributed by atoms with Crippen molar-refractivity contribution in [2.45, 2.75) is 0 Å². The molecule has 134 valence electrons. The number of rotatable bonds is 6. The molecule has 2 N–H and O–H groups in total. The highest BCUT2D eigenvalue weighted by molar-refractivity contribution is 9.10. The first kappa shape index (κ1) is 18.2. The number of thiazole rings is 1. The molecule has 0 amide bonds. The average Bonchev–Trinajstić information content (AvgIpc) is 3.13. The second-order valence-corrected chi connectivity index (χ2v) is 7.12. The van der Waals surface area contributed by atoms with E-state index in [0.29, 0.717) is 16.4 Å². The van der Waals surface area contributed by atoms with Crippen LogP contribution < -0.4 is 14.9 Å². The van der Waals surface area contributed by atoms with Crippen molar-refractivity contribution < 1.29 is 14.6 Å². The Hall–Kier alpha value is -2.58. The topological polar surface area (TPSA) is 76.0 Å². The van der Waals surface area contributed by atoms with Crippen molar-refractivity contribution >= 4 is 38.6 Å². The number of nitrogens with one attached hydrogen (secondary N) is 1. The molecule has 0 aliphatic heterocycles. The molecular formula is C18H16BrN3O3S. The van der Waals surface area contributed by atoms with Crippen LogP contribution >= 0.6 is 27.3 Å². The molecular weight excluding hydrogens is 418 g/mol. The molecule has 0 unspecified atom stereocenters. The predicted molar refractivity (Wildman–Crippen MR) is 108 cm³/mol. The molecule has 1 aromatic heterocycles. The molecule has 6 nitrogen and oxygen atoms in total. The highest BCUT2D eigenvalue weighted by atomic mass is 79.9. The minimum Gasteiger partial charge on any atom is -0.504 e. The molecule has 0 radical (unpaired) electrons. The van der Waals surface area contributed by atoms with Crippen LogP contribution in [0, 0.1) is 0 Å². The van der Waals surface area contributed by atoms with E-state index in [2.05, 4.69) is 31.4 Å². The molecule has 0 saturated heterocycles. The monoisotopic (exact) mass is 433 g/mol. The summed E-state index contributed by atoms with van der Waals surface area (Å²) in [5.41, 5.74) is 4.45. The van der Waals surface area contributed by atoms with Crippen molar-refractivity contribution in [3.63, 3.8) is 0 Å². The number of nitrogens with zero attached hydrogens (tertiary/aromatic N) is 2. The highest BCUT2D eigenvalue weighted by Crippen LogP contribution is 2.33. The zero-order valence-corrected chi connectivity index (χ0v) is 16.5. The van der Waals surface area contributed by atoms with E-state index in [0.717, 1.165) is 20.7 Å². The van der Waals surface area contributed by atoms with Crippen LogP contribution in [0.2, 0.25) is 0 Å². The average molecular weight is 434 g/mol. The van der Waals surface area contributed by atoms with E-state index >= 15 is 0 Å². The third-order valence-electron chi connectivity index (χ3n) is 3.53. The Morgan fingerprint density at radius 1 is 1.19 bits per heavy atom. The lowest BCUT2D eigenvalue weighted by atomic mass is 10.2. The Morgan fingerprint density at radius 3 is 2.65 bits per heavy atom. The first-order chi connectivity index (χ1) is 12.6. The second-order valence-electron chi connectivity index (χ2n) is 5.17. The fourth-order valence-corrected chi connectivity index (χ4v) is 3.45. The second kappa shape index (κ2) is 8.20. The summed E-state index contributed by atoms with van der Waals surface area (Å²) in [4.78, 5) is 5.32. The molecule has 0 saturated carbocycles. The quantitative estimate of drug-likeness (QED) is 0.433. The van der Waals surface area contributed by atoms with Crippen LogP contribution in [-0.4, -0.2) is 30.5 Å². The van der Waals surface area contributed by atoms with E-state index in [1.54, 1.807) is 25.4 Å². The Balaban J connectivity index is 1.72. The third-order valence-corrected chi connectivity index (χ3v) is 4.94. The van der Waals surface area contributed by atoms with Gasteiger partial charge < -0.3 is 14.6 Å². The van der Waals surface area contributed by atoms with Gasteiger partial charge in [-0.2, -0.15) is 5.10 Å². The largest absolute Gasteiger partial charge is 0.504 e. The zero-order valence-electron chi connectivity index (χ0n) is 14.1. The number of hydrogen-bond donors (Lipinski definition) is 2. The summed E-state index contributed by atoms with van der Waals surface area (Å²) >= 11 is 4.85. The Morgan fingerprint density at radius 2 is 1.96 bits per heavy atom. The maximum atomic E-state index is 10.1. The van der Waals surface area contributed by atoms with Crippen molar-refractivity contribution in [3.8, 4) is 27.7 Å². The van der Waals surface area contributed by atoms with E-state index in [-0.39, 0.29) is 5.75 Å². The normalized spacial score (nSPS) is 10.9. The molecule has 26 heavy (non-hydrogen) atoms. The lowest BCUT2D eigenvalue weighted by molar-refractivity contribution is 0.373. The molecule has 0 aliphatic carbocycles. The Kier molecular flexibility index (Phi) is 5.75. The smallest absolute Gasteiger partial charge is 0.203 e. The molecule has 0 fully saturated rings. The summed E-state index contributed by atoms with van der Waals surface area (Å²) in [6.07, 6.45) is 3.29. The molecule has 0 atom stereocenters. The summed E-state index contributed by atoms with van der Waals surface area (Å²) in [6, 6.07) is 11.2. The molecule has 8 heteroatoms. The number of phenols is 1. The zero-order chi connectivity index (χ0) is 18.5. The van der Waals surface area contributed by atoms with E-state index in [9.17, 15) is 5.11 Å². The minimum absolute atomic E-state index is 0.0271. The van der Waals surface area contributed by atoms with Crippen LogP contribution in [0.3, 0.4) is 0 Å². The maximum absolute atomic E-state index is 10.1. The maximum Gasteiger partial charge on any atom is 0.203 e. The number of halogens is 1. The van der Waals surface area contributed by atoms with Gasteiger partial charge >= 0.3 is 0 Å². The van der Waals surface area contributed by atoms with Crippen LogP contribution in [0.25, 0.3) is 10.4 Å². The number of methoxy groups -OCH3 is 2. The number of aromatic nitrogens is 1. The first-order valence-corrected chi connectivity index (χ1v) is 9.17. The van der Waals surface area contributed by atoms with E-state index < -0.39 is 0 Å². The molecule has 1 heterocycles. The number of anilines is 1. The number of aromatic hydroxyl groups is 1. The van der Waals surface area contributed by atoms with Gasteiger partial charge in [-0.25, -0.2) is 4.98 Å². The van der Waals surface area contributed by atoms with Gasteiger partial charge in [0.25, 0.3) is 0 Å². The summed E-state index contributed by atoms with van der Waals surface area (Å²) in [7, 11) is 3.14. The summed E-state index contributed by atoms with van der Waals surface area (Å²) in [5, 5.41) is 14.9. The van der Waals surface area contributed by atoms with E-state index in [4.69, 9.17) is 9.47 Å². The predicted octanol–water partition coefficient (Wildman–Crippen LogP) is 4.74. The van der Waals surface area contributed by atoms with Crippen LogP contribution in [0.4, 0.5) is 5.13 Å². The molecule has 0 spiro atoms. The number of hydrazone groups is 1. The van der Waals surface area contributed by atoms with Crippen LogP contribution in [0.15, 0.2) is 52.2 Å². The van der Waals surface area contributed by atoms with Gasteiger partial charge in [-0.1, -0.05) is 27.3 Å². The molecule has 3 aromatic rings. The minimum atomic E-state index is 0.0271. The van der Waals surface area contributed by atoms with Crippen LogP contribution in [0.1, 0.15) is 5.56 Å². The lowest BCUT2D eigenvalue weighted by Gasteiger charge is -2.06. The van der Waals surface area contributed by atoms with Gasteiger partial charge in [0, 0.05) is 16.2 Å². The standard InChI is InChI=1S/C18H16BrN3O3S/c1-24-14-5-3-11(4-6-14)16-10-20-18(26-16)22-21-9-12-7-13(19)8-15(25-2)17(12)23/h3-10,23H,1-2H3,(H,20,22). The van der Waals surface area contributed by atoms with Crippen molar-refractivity contribution in [1.82, 2.24) is 4.98 Å². The van der Waals surface area contributed by atoms with Gasteiger partial charge in [0.05, 0.1) is 25.3 Å². The van der Waals surface area contributed by atoms with Crippen molar-refractivity contribution in [2.24, 2.45) is 5.10 Å². The number of phenolic OH excluding ortho intramolecular Hbond substituents is 1. The van der Waals surface area contributed by atoms with Gasteiger partial charge in [0.15, 0.2) is 11.5 Å².